The summed E-state index contributed by atoms with van der Waals surface area (Å²) in [6.07, 6.45) is 4.09. The van der Waals surface area contributed by atoms with Crippen LogP contribution < -0.4 is 14.8 Å². The largest absolute Gasteiger partial charge is 0.495 e. The van der Waals surface area contributed by atoms with Gasteiger partial charge in [0.15, 0.2) is 0 Å². The predicted molar refractivity (Wildman–Crippen MR) is 78.6 cm³/mol. The molecule has 0 aliphatic carbocycles. The molecule has 0 spiro atoms. The number of nitrogens with one attached hydrogen (secondary N) is 2. The van der Waals surface area contributed by atoms with E-state index in [-0.39, 0.29) is 10.6 Å². The van der Waals surface area contributed by atoms with E-state index in [4.69, 9.17) is 4.74 Å². The fourth-order valence-electron chi connectivity index (χ4n) is 1.81. The number of methoxy groups -OCH3 is 1. The molecule has 2 aromatic rings. The molecule has 0 bridgehead atoms. The van der Waals surface area contributed by atoms with Crippen molar-refractivity contribution in [2.24, 2.45) is 0 Å². The van der Waals surface area contributed by atoms with Crippen molar-refractivity contribution in [1.82, 2.24) is 15.3 Å². The van der Waals surface area contributed by atoms with E-state index in [0.717, 1.165) is 5.56 Å². The Kier molecular flexibility index (Phi) is 4.71. The first-order chi connectivity index (χ1) is 10.1. The minimum absolute atomic E-state index is 0.0636. The Labute approximate surface area is 123 Å². The second-order valence-corrected chi connectivity index (χ2v) is 5.90. The fraction of sp³-hybridized carbons (Fsp3) is 0.231. The van der Waals surface area contributed by atoms with Gasteiger partial charge in [0.2, 0.25) is 0 Å². The van der Waals surface area contributed by atoms with Crippen LogP contribution in [0.1, 0.15) is 5.56 Å². The van der Waals surface area contributed by atoms with Crippen molar-refractivity contribution >= 4 is 15.7 Å². The van der Waals surface area contributed by atoms with Crippen molar-refractivity contribution in [2.75, 3.05) is 18.9 Å². The van der Waals surface area contributed by atoms with E-state index in [1.165, 1.54) is 31.9 Å². The van der Waals surface area contributed by atoms with E-state index in [1.54, 1.807) is 12.1 Å². The molecule has 21 heavy (non-hydrogen) atoms. The van der Waals surface area contributed by atoms with Crippen LogP contribution in [0.3, 0.4) is 0 Å². The highest BCUT2D eigenvalue weighted by atomic mass is 32.2. The van der Waals surface area contributed by atoms with E-state index < -0.39 is 10.0 Å². The zero-order valence-corrected chi connectivity index (χ0v) is 12.5. The molecule has 1 heterocycles. The number of nitrogens with zero attached hydrogens (tertiary/aromatic N) is 2. The Morgan fingerprint density at radius 1 is 1.24 bits per heavy atom. The zero-order valence-electron chi connectivity index (χ0n) is 11.7. The third-order valence-corrected chi connectivity index (χ3v) is 4.13. The molecule has 112 valence electrons. The van der Waals surface area contributed by atoms with Gasteiger partial charge in [0, 0.05) is 6.54 Å². The Balaban J connectivity index is 2.35. The predicted octanol–water partition coefficient (Wildman–Crippen LogP) is 1.01. The van der Waals surface area contributed by atoms with Gasteiger partial charge in [-0.25, -0.2) is 18.4 Å². The molecule has 2 N–H and O–H groups in total. The number of sulfonamides is 1. The smallest absolute Gasteiger partial charge is 0.265 e. The molecular weight excluding hydrogens is 292 g/mol. The summed E-state index contributed by atoms with van der Waals surface area (Å²) in [5, 5.41) is 3.00. The molecule has 1 aromatic heterocycles. The lowest BCUT2D eigenvalue weighted by atomic mass is 10.2. The Hall–Kier alpha value is -2.19. The number of hydrogen-bond donors (Lipinski definition) is 2. The highest BCUT2D eigenvalue weighted by Crippen LogP contribution is 2.26. The monoisotopic (exact) mass is 308 g/mol. The first-order valence-corrected chi connectivity index (χ1v) is 7.64. The summed E-state index contributed by atoms with van der Waals surface area (Å²) in [6.45, 7) is 0.622. The van der Waals surface area contributed by atoms with Crippen molar-refractivity contribution < 1.29 is 13.2 Å². The standard InChI is InChI=1S/C13H16N4O3S/c1-14-6-10-3-4-13(12(5-10)20-2)21(18,19)17-11-7-15-9-16-8-11/h3-5,7-9,14,17H,6H2,1-2H3. The summed E-state index contributed by atoms with van der Waals surface area (Å²) >= 11 is 0. The summed E-state index contributed by atoms with van der Waals surface area (Å²) in [4.78, 5) is 7.60. The summed E-state index contributed by atoms with van der Waals surface area (Å²) in [5.74, 6) is 0.284. The third kappa shape index (κ3) is 3.67. The number of benzene rings is 1. The third-order valence-electron chi connectivity index (χ3n) is 2.71. The van der Waals surface area contributed by atoms with Gasteiger partial charge in [-0.1, -0.05) is 6.07 Å². The maximum absolute atomic E-state index is 12.4. The molecule has 0 amide bonds. The van der Waals surface area contributed by atoms with Crippen molar-refractivity contribution in [3.05, 3.63) is 42.5 Å². The van der Waals surface area contributed by atoms with Crippen LogP contribution in [-0.4, -0.2) is 32.5 Å². The number of aromatic nitrogens is 2. The topological polar surface area (TPSA) is 93.2 Å². The molecule has 0 atom stereocenters. The van der Waals surface area contributed by atoms with E-state index in [0.29, 0.717) is 12.2 Å². The van der Waals surface area contributed by atoms with E-state index in [9.17, 15) is 8.42 Å². The summed E-state index contributed by atoms with van der Waals surface area (Å²) < 4.78 is 32.4. The van der Waals surface area contributed by atoms with Crippen molar-refractivity contribution in [2.45, 2.75) is 11.4 Å². The maximum atomic E-state index is 12.4. The van der Waals surface area contributed by atoms with Crippen molar-refractivity contribution in [1.29, 1.82) is 0 Å². The van der Waals surface area contributed by atoms with Gasteiger partial charge < -0.3 is 10.1 Å². The van der Waals surface area contributed by atoms with E-state index >= 15 is 0 Å². The van der Waals surface area contributed by atoms with Crippen LogP contribution >= 0.6 is 0 Å². The molecule has 0 aliphatic heterocycles. The molecule has 7 nitrogen and oxygen atoms in total. The van der Waals surface area contributed by atoms with Crippen LogP contribution in [0, 0.1) is 0 Å². The number of ether oxygens (including phenoxy) is 1. The van der Waals surface area contributed by atoms with Crippen molar-refractivity contribution in [3.63, 3.8) is 0 Å². The Morgan fingerprint density at radius 2 is 1.95 bits per heavy atom. The summed E-state index contributed by atoms with van der Waals surface area (Å²) in [6, 6.07) is 4.93. The van der Waals surface area contributed by atoms with E-state index in [1.807, 2.05) is 7.05 Å². The van der Waals surface area contributed by atoms with Gasteiger partial charge in [-0.3, -0.25) is 4.72 Å². The van der Waals surface area contributed by atoms with Gasteiger partial charge in [0.05, 0.1) is 25.2 Å². The lowest BCUT2D eigenvalue weighted by Crippen LogP contribution is -2.15. The highest BCUT2D eigenvalue weighted by molar-refractivity contribution is 7.92. The maximum Gasteiger partial charge on any atom is 0.265 e. The molecule has 0 radical (unpaired) electrons. The summed E-state index contributed by atoms with van der Waals surface area (Å²) in [7, 11) is -0.516. The molecular formula is C13H16N4O3S. The van der Waals surface area contributed by atoms with Gasteiger partial charge in [-0.2, -0.15) is 0 Å². The molecule has 0 fully saturated rings. The molecule has 2 rings (SSSR count). The van der Waals surface area contributed by atoms with E-state index in [2.05, 4.69) is 20.0 Å². The highest BCUT2D eigenvalue weighted by Gasteiger charge is 2.20. The van der Waals surface area contributed by atoms with Crippen LogP contribution in [0.4, 0.5) is 5.69 Å². The van der Waals surface area contributed by atoms with Gasteiger partial charge >= 0.3 is 0 Å². The molecule has 0 saturated heterocycles. The van der Waals surface area contributed by atoms with Crippen molar-refractivity contribution in [3.8, 4) is 5.75 Å². The lowest BCUT2D eigenvalue weighted by molar-refractivity contribution is 0.402. The minimum atomic E-state index is -3.76. The minimum Gasteiger partial charge on any atom is -0.495 e. The van der Waals surface area contributed by atoms with Gasteiger partial charge in [-0.15, -0.1) is 0 Å². The van der Waals surface area contributed by atoms with Crippen LogP contribution in [0.15, 0.2) is 41.8 Å². The quantitative estimate of drug-likeness (QED) is 0.827. The van der Waals surface area contributed by atoms with Crippen LogP contribution in [-0.2, 0) is 16.6 Å². The molecule has 0 aliphatic rings. The van der Waals surface area contributed by atoms with Gasteiger partial charge in [0.1, 0.15) is 17.0 Å². The van der Waals surface area contributed by atoms with Gasteiger partial charge in [0.25, 0.3) is 10.0 Å². The normalized spacial score (nSPS) is 11.1. The van der Waals surface area contributed by atoms with Crippen LogP contribution in [0.2, 0.25) is 0 Å². The van der Waals surface area contributed by atoms with Crippen LogP contribution in [0.5, 0.6) is 5.75 Å². The molecule has 8 heteroatoms. The average Bonchev–Trinajstić information content (AvgIpc) is 2.48. The zero-order chi connectivity index (χ0) is 15.3. The second kappa shape index (κ2) is 6.51. The number of hydrogen-bond acceptors (Lipinski definition) is 6. The SMILES string of the molecule is CNCc1ccc(S(=O)(=O)Nc2cncnc2)c(OC)c1. The Morgan fingerprint density at radius 3 is 2.57 bits per heavy atom. The fourth-order valence-corrected chi connectivity index (χ4v) is 2.99. The summed E-state index contributed by atoms with van der Waals surface area (Å²) in [5.41, 5.74) is 1.22. The first-order valence-electron chi connectivity index (χ1n) is 6.16. The second-order valence-electron chi connectivity index (χ2n) is 4.25. The van der Waals surface area contributed by atoms with Gasteiger partial charge in [-0.05, 0) is 24.7 Å². The average molecular weight is 308 g/mol. The molecule has 1 aromatic carbocycles. The van der Waals surface area contributed by atoms with Crippen LogP contribution in [0.25, 0.3) is 0 Å². The Bertz CT molecular complexity index is 705. The number of rotatable bonds is 6. The molecule has 0 unspecified atom stereocenters. The molecule has 0 saturated carbocycles. The number of anilines is 1. The first kappa shape index (κ1) is 15.2. The lowest BCUT2D eigenvalue weighted by Gasteiger charge is -2.12.